The molecular weight excluding hydrogens is 556 g/mol. The number of halogens is 1. The molecule has 0 radical (unpaired) electrons. The largest absolute Gasteiger partial charge is 0.383 e. The number of sulfone groups is 1. The highest BCUT2D eigenvalue weighted by Gasteiger charge is 2.29. The van der Waals surface area contributed by atoms with Crippen molar-refractivity contribution in [3.63, 3.8) is 0 Å². The van der Waals surface area contributed by atoms with E-state index in [2.05, 4.69) is 28.6 Å². The van der Waals surface area contributed by atoms with Gasteiger partial charge < -0.3 is 14.2 Å². The zero-order valence-corrected chi connectivity index (χ0v) is 25.4. The van der Waals surface area contributed by atoms with Gasteiger partial charge in [0.25, 0.3) is 0 Å². The normalized spacial score (nSPS) is 15.5. The number of piperidine rings is 1. The van der Waals surface area contributed by atoms with Crippen LogP contribution in [0.25, 0.3) is 10.8 Å². The monoisotopic (exact) mass is 592 g/mol. The lowest BCUT2D eigenvalue weighted by molar-refractivity contribution is -0.131. The fourth-order valence-corrected chi connectivity index (χ4v) is 7.87. The van der Waals surface area contributed by atoms with E-state index >= 15 is 0 Å². The molecule has 1 aliphatic heterocycles. The molecule has 212 valence electrons. The van der Waals surface area contributed by atoms with Gasteiger partial charge in [0, 0.05) is 75.3 Å². The van der Waals surface area contributed by atoms with Gasteiger partial charge in [0.15, 0.2) is 14.6 Å². The number of carbonyl (C=O) groups excluding carboxylic acids is 1. The van der Waals surface area contributed by atoms with Crippen LogP contribution in [0.15, 0.2) is 46.3 Å². The molecule has 3 aromatic rings. The molecule has 2 heterocycles. The predicted molar refractivity (Wildman–Crippen MR) is 157 cm³/mol. The number of hydrogen-bond acceptors (Lipinski definition) is 7. The van der Waals surface area contributed by atoms with Crippen LogP contribution in [0, 0.1) is 0 Å². The Morgan fingerprint density at radius 3 is 2.56 bits per heavy atom. The van der Waals surface area contributed by atoms with Crippen molar-refractivity contribution in [1.29, 1.82) is 0 Å². The summed E-state index contributed by atoms with van der Waals surface area (Å²) in [7, 11) is 4.10. The van der Waals surface area contributed by atoms with Crippen LogP contribution in [0.1, 0.15) is 35.8 Å². The number of fused-ring (bicyclic) bond motifs is 1. The van der Waals surface area contributed by atoms with Gasteiger partial charge in [-0.25, -0.2) is 8.42 Å². The SMILES string of the molecule is C/N=c1\sc(CN(C)CCOC)c(C2CCN(C(=O)CCS(=O)(=O)c3ccc4cc(Cl)ccc4c3)CC2)n1C. The van der Waals surface area contributed by atoms with E-state index in [1.165, 1.54) is 10.6 Å². The Morgan fingerprint density at radius 1 is 1.18 bits per heavy atom. The number of amides is 1. The van der Waals surface area contributed by atoms with Crippen molar-refractivity contribution in [1.82, 2.24) is 14.4 Å². The summed E-state index contributed by atoms with van der Waals surface area (Å²) in [6.45, 7) is 3.59. The van der Waals surface area contributed by atoms with E-state index in [1.807, 2.05) is 11.9 Å². The Balaban J connectivity index is 1.37. The van der Waals surface area contributed by atoms with Crippen molar-refractivity contribution >= 4 is 49.5 Å². The standard InChI is InChI=1S/C28H37ClN4O4S2/c1-30-28-32(3)27(25(38-28)19-31(2)14-15-37-4)20-9-12-33(13-10-20)26(34)11-16-39(35,36)24-8-6-21-17-23(29)7-5-22(21)18-24/h5-8,17-18,20H,9-16,19H2,1-4H3/b30-28-. The number of ether oxygens (including phenoxy) is 1. The molecule has 1 amide bonds. The van der Waals surface area contributed by atoms with Crippen molar-refractivity contribution in [2.75, 3.05) is 53.2 Å². The van der Waals surface area contributed by atoms with E-state index in [-0.39, 0.29) is 23.0 Å². The Hall–Kier alpha value is -2.24. The zero-order valence-electron chi connectivity index (χ0n) is 23.0. The number of methoxy groups -OCH3 is 1. The summed E-state index contributed by atoms with van der Waals surface area (Å²) in [4.78, 5) is 24.1. The summed E-state index contributed by atoms with van der Waals surface area (Å²) in [6, 6.07) is 10.3. The topological polar surface area (TPSA) is 84.2 Å². The van der Waals surface area contributed by atoms with Gasteiger partial charge in [0.05, 0.1) is 17.3 Å². The lowest BCUT2D eigenvalue weighted by Gasteiger charge is -2.33. The summed E-state index contributed by atoms with van der Waals surface area (Å²) >= 11 is 7.76. The third kappa shape index (κ3) is 7.10. The first kappa shape index (κ1) is 29.7. The highest BCUT2D eigenvalue weighted by molar-refractivity contribution is 7.91. The van der Waals surface area contributed by atoms with Crippen molar-refractivity contribution < 1.29 is 17.9 Å². The molecule has 0 atom stereocenters. The lowest BCUT2D eigenvalue weighted by atomic mass is 9.92. The predicted octanol–water partition coefficient (Wildman–Crippen LogP) is 4.07. The fourth-order valence-electron chi connectivity index (χ4n) is 5.19. The molecule has 1 aliphatic rings. The summed E-state index contributed by atoms with van der Waals surface area (Å²) in [5, 5.41) is 2.29. The van der Waals surface area contributed by atoms with Crippen LogP contribution in [0.5, 0.6) is 0 Å². The molecule has 0 aliphatic carbocycles. The first-order valence-electron chi connectivity index (χ1n) is 13.1. The average Bonchev–Trinajstić information content (AvgIpc) is 3.24. The first-order chi connectivity index (χ1) is 18.6. The summed E-state index contributed by atoms with van der Waals surface area (Å²) in [5.74, 6) is 0.0125. The number of aromatic nitrogens is 1. The Kier molecular flexibility index (Phi) is 9.87. The molecule has 0 spiro atoms. The number of thiazole rings is 1. The van der Waals surface area contributed by atoms with E-state index in [0.29, 0.717) is 30.6 Å². The van der Waals surface area contributed by atoms with E-state index in [1.54, 1.807) is 54.8 Å². The molecule has 8 nitrogen and oxygen atoms in total. The van der Waals surface area contributed by atoms with Crippen LogP contribution in [0.3, 0.4) is 0 Å². The molecule has 0 unspecified atom stereocenters. The number of rotatable bonds is 10. The lowest BCUT2D eigenvalue weighted by Crippen LogP contribution is -2.39. The molecular formula is C28H37ClN4O4S2. The summed E-state index contributed by atoms with van der Waals surface area (Å²) in [6.07, 6.45) is 1.66. The molecule has 0 bridgehead atoms. The fraction of sp³-hybridized carbons (Fsp3) is 0.500. The van der Waals surface area contributed by atoms with E-state index < -0.39 is 9.84 Å². The Bertz CT molecular complexity index is 1490. The van der Waals surface area contributed by atoms with Gasteiger partial charge in [-0.2, -0.15) is 0 Å². The average molecular weight is 593 g/mol. The Labute approximate surface area is 239 Å². The number of benzene rings is 2. The van der Waals surface area contributed by atoms with Crippen LogP contribution >= 0.6 is 22.9 Å². The molecule has 0 saturated carbocycles. The second kappa shape index (κ2) is 13.0. The summed E-state index contributed by atoms with van der Waals surface area (Å²) < 4.78 is 33.4. The number of carbonyl (C=O) groups is 1. The molecule has 2 aromatic carbocycles. The first-order valence-corrected chi connectivity index (χ1v) is 16.0. The van der Waals surface area contributed by atoms with Gasteiger partial charge in [-0.05, 0) is 54.9 Å². The van der Waals surface area contributed by atoms with E-state index in [9.17, 15) is 13.2 Å². The van der Waals surface area contributed by atoms with Gasteiger partial charge in [-0.3, -0.25) is 14.7 Å². The van der Waals surface area contributed by atoms with Crippen molar-refractivity contribution in [3.8, 4) is 0 Å². The molecule has 0 N–H and O–H groups in total. The maximum Gasteiger partial charge on any atom is 0.223 e. The van der Waals surface area contributed by atoms with Crippen LogP contribution in [0.2, 0.25) is 5.02 Å². The van der Waals surface area contributed by atoms with Gasteiger partial charge in [-0.1, -0.05) is 23.7 Å². The maximum absolute atomic E-state index is 13.0. The molecule has 1 saturated heterocycles. The third-order valence-electron chi connectivity index (χ3n) is 7.38. The molecule has 39 heavy (non-hydrogen) atoms. The molecule has 11 heteroatoms. The third-order valence-corrected chi connectivity index (χ3v) is 10.6. The quantitative estimate of drug-likeness (QED) is 0.354. The van der Waals surface area contributed by atoms with Gasteiger partial charge in [0.1, 0.15) is 0 Å². The smallest absolute Gasteiger partial charge is 0.223 e. The second-order valence-electron chi connectivity index (χ2n) is 10.1. The minimum absolute atomic E-state index is 0.0215. The number of nitrogens with zero attached hydrogens (tertiary/aromatic N) is 4. The Morgan fingerprint density at radius 2 is 1.87 bits per heavy atom. The van der Waals surface area contributed by atoms with Crippen LogP contribution in [-0.4, -0.2) is 81.9 Å². The van der Waals surface area contributed by atoms with Gasteiger partial charge in [-0.15, -0.1) is 11.3 Å². The zero-order chi connectivity index (χ0) is 28.2. The molecule has 4 rings (SSSR count). The minimum atomic E-state index is -3.59. The van der Waals surface area contributed by atoms with Crippen molar-refractivity contribution in [2.24, 2.45) is 12.0 Å². The van der Waals surface area contributed by atoms with Crippen molar-refractivity contribution in [2.45, 2.75) is 36.6 Å². The van der Waals surface area contributed by atoms with Gasteiger partial charge in [0.2, 0.25) is 5.91 Å². The minimum Gasteiger partial charge on any atom is -0.383 e. The van der Waals surface area contributed by atoms with Crippen LogP contribution < -0.4 is 4.80 Å². The second-order valence-corrected chi connectivity index (χ2v) is 13.7. The molecule has 1 aromatic heterocycles. The van der Waals surface area contributed by atoms with Crippen LogP contribution in [-0.2, 0) is 33.0 Å². The van der Waals surface area contributed by atoms with Gasteiger partial charge >= 0.3 is 0 Å². The maximum atomic E-state index is 13.0. The highest BCUT2D eigenvalue weighted by Crippen LogP contribution is 2.32. The van der Waals surface area contributed by atoms with E-state index in [0.717, 1.165) is 41.5 Å². The van der Waals surface area contributed by atoms with E-state index in [4.69, 9.17) is 16.3 Å². The van der Waals surface area contributed by atoms with Crippen molar-refractivity contribution in [3.05, 3.63) is 56.8 Å². The van der Waals surface area contributed by atoms with Crippen LogP contribution in [0.4, 0.5) is 0 Å². The highest BCUT2D eigenvalue weighted by atomic mass is 35.5. The number of likely N-dealkylation sites (N-methyl/N-ethyl adjacent to an activating group) is 1. The summed E-state index contributed by atoms with van der Waals surface area (Å²) in [5.41, 5.74) is 1.29. The number of hydrogen-bond donors (Lipinski definition) is 0. The number of likely N-dealkylation sites (tertiary alicyclic amines) is 1. The molecule has 1 fully saturated rings.